The predicted octanol–water partition coefficient (Wildman–Crippen LogP) is 1.33. The second-order valence-electron chi connectivity index (χ2n) is 4.51. The topological polar surface area (TPSA) is 60.0 Å². The second-order valence-corrected chi connectivity index (χ2v) is 4.51. The largest absolute Gasteiger partial charge is 0.491 e. The van der Waals surface area contributed by atoms with Crippen LogP contribution in [0, 0.1) is 6.92 Å². The first-order valence-corrected chi connectivity index (χ1v) is 6.92. The normalized spacial score (nSPS) is 12.3. The van der Waals surface area contributed by atoms with Crippen LogP contribution in [-0.2, 0) is 9.47 Å². The van der Waals surface area contributed by atoms with Gasteiger partial charge in [0.15, 0.2) is 0 Å². The van der Waals surface area contributed by atoms with Gasteiger partial charge < -0.3 is 19.3 Å². The minimum atomic E-state index is -0.598. The van der Waals surface area contributed by atoms with Crippen LogP contribution in [0.2, 0.25) is 0 Å². The van der Waals surface area contributed by atoms with E-state index in [0.29, 0.717) is 33.0 Å². The fraction of sp³-hybridized carbons (Fsp3) is 0.600. The fourth-order valence-corrected chi connectivity index (χ4v) is 1.50. The second kappa shape index (κ2) is 10.6. The SMILES string of the molecule is CNC(O)COCCCOCCOc1ccc(C)cc1. The Morgan fingerprint density at radius 2 is 1.75 bits per heavy atom. The zero-order valence-electron chi connectivity index (χ0n) is 12.3. The maximum absolute atomic E-state index is 9.17. The molecule has 0 aliphatic rings. The minimum Gasteiger partial charge on any atom is -0.491 e. The highest BCUT2D eigenvalue weighted by atomic mass is 16.5. The predicted molar refractivity (Wildman–Crippen MR) is 78.0 cm³/mol. The summed E-state index contributed by atoms with van der Waals surface area (Å²) in [7, 11) is 1.69. The summed E-state index contributed by atoms with van der Waals surface area (Å²) >= 11 is 0. The lowest BCUT2D eigenvalue weighted by Crippen LogP contribution is -2.29. The van der Waals surface area contributed by atoms with E-state index in [2.05, 4.69) is 5.32 Å². The highest BCUT2D eigenvalue weighted by molar-refractivity contribution is 5.26. The third-order valence-electron chi connectivity index (χ3n) is 2.70. The number of rotatable bonds is 11. The Labute approximate surface area is 120 Å². The first-order chi connectivity index (χ1) is 9.72. The molecule has 2 N–H and O–H groups in total. The van der Waals surface area contributed by atoms with E-state index in [1.807, 2.05) is 31.2 Å². The number of ether oxygens (including phenoxy) is 3. The molecule has 0 saturated heterocycles. The molecule has 1 rings (SSSR count). The number of aliphatic hydroxyl groups is 1. The molecule has 1 aromatic rings. The highest BCUT2D eigenvalue weighted by Gasteiger charge is 1.98. The van der Waals surface area contributed by atoms with Crippen LogP contribution in [0.25, 0.3) is 0 Å². The maximum Gasteiger partial charge on any atom is 0.128 e. The summed E-state index contributed by atoms with van der Waals surface area (Å²) in [5.74, 6) is 0.864. The number of aliphatic hydroxyl groups excluding tert-OH is 1. The Hall–Kier alpha value is -1.14. The standard InChI is InChI=1S/C15H25NO4/c1-13-4-6-14(7-5-13)20-11-10-18-8-3-9-19-12-15(17)16-2/h4-7,15-17H,3,8-12H2,1-2H3. The van der Waals surface area contributed by atoms with Crippen LogP contribution < -0.4 is 10.1 Å². The van der Waals surface area contributed by atoms with Crippen molar-refractivity contribution in [2.45, 2.75) is 19.6 Å². The van der Waals surface area contributed by atoms with Gasteiger partial charge in [-0.2, -0.15) is 0 Å². The molecular formula is C15H25NO4. The first kappa shape index (κ1) is 16.9. The quantitative estimate of drug-likeness (QED) is 0.474. The van der Waals surface area contributed by atoms with Crippen molar-refractivity contribution < 1.29 is 19.3 Å². The highest BCUT2D eigenvalue weighted by Crippen LogP contribution is 2.10. The number of benzene rings is 1. The molecule has 20 heavy (non-hydrogen) atoms. The molecule has 0 aromatic heterocycles. The van der Waals surface area contributed by atoms with Gasteiger partial charge in [-0.25, -0.2) is 0 Å². The lowest BCUT2D eigenvalue weighted by molar-refractivity contribution is 0.0117. The van der Waals surface area contributed by atoms with Crippen molar-refractivity contribution in [1.82, 2.24) is 5.32 Å². The van der Waals surface area contributed by atoms with E-state index in [4.69, 9.17) is 14.2 Å². The van der Waals surface area contributed by atoms with Crippen LogP contribution in [0.1, 0.15) is 12.0 Å². The van der Waals surface area contributed by atoms with Crippen LogP contribution in [-0.4, -0.2) is 51.4 Å². The van der Waals surface area contributed by atoms with Crippen LogP contribution in [0.15, 0.2) is 24.3 Å². The molecule has 0 aliphatic carbocycles. The molecule has 1 unspecified atom stereocenters. The molecule has 0 heterocycles. The van der Waals surface area contributed by atoms with Gasteiger partial charge in [0.25, 0.3) is 0 Å². The summed E-state index contributed by atoms with van der Waals surface area (Å²) in [6.45, 7) is 4.66. The average molecular weight is 283 g/mol. The number of nitrogens with one attached hydrogen (secondary N) is 1. The van der Waals surface area contributed by atoms with E-state index < -0.39 is 6.23 Å². The monoisotopic (exact) mass is 283 g/mol. The van der Waals surface area contributed by atoms with E-state index in [0.717, 1.165) is 12.2 Å². The maximum atomic E-state index is 9.17. The number of aryl methyl sites for hydroxylation is 1. The molecule has 0 fully saturated rings. The number of likely N-dealkylation sites (N-methyl/N-ethyl adjacent to an activating group) is 1. The summed E-state index contributed by atoms with van der Waals surface area (Å²) in [5, 5.41) is 11.9. The first-order valence-electron chi connectivity index (χ1n) is 6.92. The third-order valence-corrected chi connectivity index (χ3v) is 2.70. The van der Waals surface area contributed by atoms with Gasteiger partial charge in [-0.05, 0) is 32.5 Å². The fourth-order valence-electron chi connectivity index (χ4n) is 1.50. The molecule has 0 bridgehead atoms. The molecule has 0 amide bonds. The van der Waals surface area contributed by atoms with Crippen LogP contribution >= 0.6 is 0 Å². The zero-order chi connectivity index (χ0) is 14.6. The van der Waals surface area contributed by atoms with Crippen molar-refractivity contribution >= 4 is 0 Å². The van der Waals surface area contributed by atoms with Crippen molar-refractivity contribution in [2.75, 3.05) is 40.1 Å². The van der Waals surface area contributed by atoms with Gasteiger partial charge in [0.05, 0.1) is 13.2 Å². The van der Waals surface area contributed by atoms with Crippen molar-refractivity contribution in [3.8, 4) is 5.75 Å². The number of hydrogen-bond donors (Lipinski definition) is 2. The summed E-state index contributed by atoms with van der Waals surface area (Å²) in [6.07, 6.45) is 0.208. The summed E-state index contributed by atoms with van der Waals surface area (Å²) < 4.78 is 16.2. The van der Waals surface area contributed by atoms with Crippen molar-refractivity contribution in [3.05, 3.63) is 29.8 Å². The number of hydrogen-bond acceptors (Lipinski definition) is 5. The molecule has 5 nitrogen and oxygen atoms in total. The van der Waals surface area contributed by atoms with E-state index in [-0.39, 0.29) is 0 Å². The van der Waals surface area contributed by atoms with Gasteiger partial charge in [-0.15, -0.1) is 0 Å². The Morgan fingerprint density at radius 3 is 2.45 bits per heavy atom. The molecule has 1 atom stereocenters. The van der Waals surface area contributed by atoms with Crippen LogP contribution in [0.4, 0.5) is 0 Å². The van der Waals surface area contributed by atoms with Gasteiger partial charge in [-0.1, -0.05) is 17.7 Å². The lowest BCUT2D eigenvalue weighted by Gasteiger charge is -2.10. The Morgan fingerprint density at radius 1 is 1.05 bits per heavy atom. The third kappa shape index (κ3) is 8.12. The summed E-state index contributed by atoms with van der Waals surface area (Å²) in [6, 6.07) is 7.95. The van der Waals surface area contributed by atoms with Gasteiger partial charge in [0.1, 0.15) is 18.6 Å². The van der Waals surface area contributed by atoms with E-state index >= 15 is 0 Å². The molecule has 0 radical (unpaired) electrons. The van der Waals surface area contributed by atoms with E-state index in [1.54, 1.807) is 7.05 Å². The molecule has 0 saturated carbocycles. The van der Waals surface area contributed by atoms with Gasteiger partial charge >= 0.3 is 0 Å². The summed E-state index contributed by atoms with van der Waals surface area (Å²) in [4.78, 5) is 0. The van der Waals surface area contributed by atoms with Crippen LogP contribution in [0.5, 0.6) is 5.75 Å². The average Bonchev–Trinajstić information content (AvgIpc) is 2.47. The molecule has 114 valence electrons. The van der Waals surface area contributed by atoms with Crippen molar-refractivity contribution in [2.24, 2.45) is 0 Å². The smallest absolute Gasteiger partial charge is 0.128 e. The molecule has 1 aromatic carbocycles. The minimum absolute atomic E-state index is 0.299. The van der Waals surface area contributed by atoms with Crippen molar-refractivity contribution in [3.63, 3.8) is 0 Å². The zero-order valence-corrected chi connectivity index (χ0v) is 12.3. The van der Waals surface area contributed by atoms with Gasteiger partial charge in [-0.3, -0.25) is 5.32 Å². The lowest BCUT2D eigenvalue weighted by atomic mass is 10.2. The Kier molecular flexibility index (Phi) is 8.98. The Balaban J connectivity index is 1.89. The molecule has 5 heteroatoms. The Bertz CT molecular complexity index is 342. The molecular weight excluding hydrogens is 258 g/mol. The van der Waals surface area contributed by atoms with Crippen LogP contribution in [0.3, 0.4) is 0 Å². The van der Waals surface area contributed by atoms with Gasteiger partial charge in [0, 0.05) is 13.2 Å². The van der Waals surface area contributed by atoms with E-state index in [9.17, 15) is 5.11 Å². The summed E-state index contributed by atoms with van der Waals surface area (Å²) in [5.41, 5.74) is 1.22. The van der Waals surface area contributed by atoms with Gasteiger partial charge in [0.2, 0.25) is 0 Å². The molecule has 0 aliphatic heterocycles. The molecule has 0 spiro atoms. The van der Waals surface area contributed by atoms with E-state index in [1.165, 1.54) is 5.56 Å². The van der Waals surface area contributed by atoms with Crippen molar-refractivity contribution in [1.29, 1.82) is 0 Å².